The molecule has 0 atom stereocenters. The van der Waals surface area contributed by atoms with Crippen molar-refractivity contribution >= 4 is 12.1 Å². The second kappa shape index (κ2) is 8.69. The largest absolute Gasteiger partial charge is 0.482 e. The van der Waals surface area contributed by atoms with Crippen molar-refractivity contribution in [2.45, 2.75) is 26.4 Å². The molecule has 1 aromatic rings. The number of esters is 1. The second-order valence-electron chi connectivity index (χ2n) is 5.55. The lowest BCUT2D eigenvalue weighted by Crippen LogP contribution is -2.32. The lowest BCUT2D eigenvalue weighted by Gasteiger charge is -2.18. The third-order valence-corrected chi connectivity index (χ3v) is 2.39. The maximum absolute atomic E-state index is 11.4. The highest BCUT2D eigenvalue weighted by atomic mass is 16.6. The van der Waals surface area contributed by atoms with Crippen LogP contribution in [0.4, 0.5) is 4.79 Å². The Morgan fingerprint density at radius 1 is 1.17 bits per heavy atom. The highest BCUT2D eigenvalue weighted by Crippen LogP contribution is 2.11. The van der Waals surface area contributed by atoms with Gasteiger partial charge >= 0.3 is 12.1 Å². The van der Waals surface area contributed by atoms with Gasteiger partial charge in [0.25, 0.3) is 0 Å². The topological polar surface area (TPSA) is 73.9 Å². The van der Waals surface area contributed by atoms with Crippen LogP contribution in [0.25, 0.3) is 0 Å². The number of hydrogen-bond donors (Lipinski definition) is 1. The Kier molecular flexibility index (Phi) is 6.94. The van der Waals surface area contributed by atoms with Gasteiger partial charge in [-0.05, 0) is 45.0 Å². The molecular formula is C17H21NO5. The normalized spacial score (nSPS) is 10.1. The highest BCUT2D eigenvalue weighted by Gasteiger charge is 2.14. The van der Waals surface area contributed by atoms with Crippen LogP contribution in [0.2, 0.25) is 0 Å². The first-order valence-corrected chi connectivity index (χ1v) is 7.05. The fourth-order valence-corrected chi connectivity index (χ4v) is 1.41. The zero-order chi connectivity index (χ0) is 17.3. The minimum atomic E-state index is -0.530. The minimum absolute atomic E-state index is 0.138. The Balaban J connectivity index is 2.41. The Bertz CT molecular complexity index is 590. The molecule has 0 bridgehead atoms. The first-order valence-electron chi connectivity index (χ1n) is 7.05. The number of nitrogens with one attached hydrogen (secondary N) is 1. The van der Waals surface area contributed by atoms with Crippen LogP contribution in [0, 0.1) is 11.8 Å². The standard InChI is InChI=1S/C17H21NO5/c1-17(2,3)23-16(20)18-11-5-6-13-7-9-14(10-8-13)22-12-15(19)21-4/h7-10H,11-12H2,1-4H3,(H,18,20). The fourth-order valence-electron chi connectivity index (χ4n) is 1.41. The Hall–Kier alpha value is -2.68. The molecular weight excluding hydrogens is 298 g/mol. The third kappa shape index (κ3) is 8.37. The predicted molar refractivity (Wildman–Crippen MR) is 85.1 cm³/mol. The van der Waals surface area contributed by atoms with E-state index in [4.69, 9.17) is 9.47 Å². The quantitative estimate of drug-likeness (QED) is 0.680. The van der Waals surface area contributed by atoms with Gasteiger partial charge in [0.1, 0.15) is 11.4 Å². The molecule has 0 aliphatic rings. The number of benzene rings is 1. The summed E-state index contributed by atoms with van der Waals surface area (Å²) < 4.78 is 14.8. The summed E-state index contributed by atoms with van der Waals surface area (Å²) in [5, 5.41) is 2.55. The predicted octanol–water partition coefficient (Wildman–Crippen LogP) is 2.11. The van der Waals surface area contributed by atoms with Crippen molar-refractivity contribution in [3.8, 4) is 17.6 Å². The number of amides is 1. The summed E-state index contributed by atoms with van der Waals surface area (Å²) in [5.41, 5.74) is 0.235. The number of rotatable bonds is 4. The monoisotopic (exact) mass is 319 g/mol. The van der Waals surface area contributed by atoms with Gasteiger partial charge in [0.05, 0.1) is 13.7 Å². The van der Waals surface area contributed by atoms with E-state index in [1.807, 2.05) is 0 Å². The molecule has 1 amide bonds. The summed E-state index contributed by atoms with van der Waals surface area (Å²) in [5.74, 6) is 5.83. The summed E-state index contributed by atoms with van der Waals surface area (Å²) in [4.78, 5) is 22.4. The Morgan fingerprint density at radius 2 is 1.83 bits per heavy atom. The SMILES string of the molecule is COC(=O)COc1ccc(C#CCNC(=O)OC(C)(C)C)cc1. The smallest absolute Gasteiger partial charge is 0.408 e. The molecule has 1 rings (SSSR count). The first-order chi connectivity index (χ1) is 10.8. The van der Waals surface area contributed by atoms with Crippen molar-refractivity contribution in [1.29, 1.82) is 0 Å². The lowest BCUT2D eigenvalue weighted by atomic mass is 10.2. The van der Waals surface area contributed by atoms with Crippen molar-refractivity contribution in [1.82, 2.24) is 5.32 Å². The van der Waals surface area contributed by atoms with Crippen molar-refractivity contribution in [3.05, 3.63) is 29.8 Å². The molecule has 23 heavy (non-hydrogen) atoms. The molecule has 0 aliphatic carbocycles. The number of carbonyl (C=O) groups excluding carboxylic acids is 2. The highest BCUT2D eigenvalue weighted by molar-refractivity contribution is 5.70. The van der Waals surface area contributed by atoms with Crippen LogP contribution >= 0.6 is 0 Å². The van der Waals surface area contributed by atoms with E-state index in [9.17, 15) is 9.59 Å². The van der Waals surface area contributed by atoms with Gasteiger partial charge in [-0.15, -0.1) is 0 Å². The molecule has 0 saturated carbocycles. The van der Waals surface area contributed by atoms with E-state index in [0.717, 1.165) is 5.56 Å². The number of alkyl carbamates (subject to hydrolysis) is 1. The molecule has 0 aliphatic heterocycles. The number of carbonyl (C=O) groups is 2. The Morgan fingerprint density at radius 3 is 2.39 bits per heavy atom. The zero-order valence-electron chi connectivity index (χ0n) is 13.8. The van der Waals surface area contributed by atoms with Gasteiger partial charge in [-0.3, -0.25) is 0 Å². The molecule has 0 unspecified atom stereocenters. The van der Waals surface area contributed by atoms with Crippen molar-refractivity contribution < 1.29 is 23.8 Å². The van der Waals surface area contributed by atoms with E-state index in [1.54, 1.807) is 45.0 Å². The first kappa shape index (κ1) is 18.4. The fraction of sp³-hybridized carbons (Fsp3) is 0.412. The van der Waals surface area contributed by atoms with E-state index in [1.165, 1.54) is 7.11 Å². The van der Waals surface area contributed by atoms with Crippen LogP contribution in [0.5, 0.6) is 5.75 Å². The molecule has 0 heterocycles. The lowest BCUT2D eigenvalue weighted by molar-refractivity contribution is -0.142. The summed E-state index contributed by atoms with van der Waals surface area (Å²) in [7, 11) is 1.30. The van der Waals surface area contributed by atoms with Gasteiger partial charge in [-0.2, -0.15) is 0 Å². The average molecular weight is 319 g/mol. The summed E-state index contributed by atoms with van der Waals surface area (Å²) in [6.45, 7) is 5.43. The van der Waals surface area contributed by atoms with Gasteiger partial charge in [0, 0.05) is 5.56 Å². The van der Waals surface area contributed by atoms with E-state index in [-0.39, 0.29) is 13.2 Å². The van der Waals surface area contributed by atoms with Crippen molar-refractivity contribution in [3.63, 3.8) is 0 Å². The minimum Gasteiger partial charge on any atom is -0.482 e. The molecule has 0 radical (unpaired) electrons. The number of hydrogen-bond acceptors (Lipinski definition) is 5. The molecule has 124 valence electrons. The van der Waals surface area contributed by atoms with Crippen molar-refractivity contribution in [2.24, 2.45) is 0 Å². The molecule has 1 aromatic carbocycles. The molecule has 6 nitrogen and oxygen atoms in total. The maximum atomic E-state index is 11.4. The second-order valence-corrected chi connectivity index (χ2v) is 5.55. The third-order valence-electron chi connectivity index (χ3n) is 2.39. The number of methoxy groups -OCH3 is 1. The van der Waals surface area contributed by atoms with Gasteiger partial charge < -0.3 is 19.5 Å². The van der Waals surface area contributed by atoms with E-state index in [2.05, 4.69) is 21.9 Å². The van der Waals surface area contributed by atoms with Gasteiger partial charge in [-0.1, -0.05) is 11.8 Å². The van der Waals surface area contributed by atoms with Crippen LogP contribution in [-0.2, 0) is 14.3 Å². The van der Waals surface area contributed by atoms with E-state index >= 15 is 0 Å². The van der Waals surface area contributed by atoms with Crippen LogP contribution in [0.1, 0.15) is 26.3 Å². The summed E-state index contributed by atoms with van der Waals surface area (Å²) in [6, 6.07) is 6.92. The van der Waals surface area contributed by atoms with Crippen LogP contribution < -0.4 is 10.1 Å². The zero-order valence-corrected chi connectivity index (χ0v) is 13.8. The van der Waals surface area contributed by atoms with Gasteiger partial charge in [0.2, 0.25) is 0 Å². The number of ether oxygens (including phenoxy) is 3. The van der Waals surface area contributed by atoms with Gasteiger partial charge in [-0.25, -0.2) is 9.59 Å². The molecule has 1 N–H and O–H groups in total. The van der Waals surface area contributed by atoms with Crippen LogP contribution in [0.15, 0.2) is 24.3 Å². The van der Waals surface area contributed by atoms with Crippen molar-refractivity contribution in [2.75, 3.05) is 20.3 Å². The van der Waals surface area contributed by atoms with E-state index < -0.39 is 17.7 Å². The van der Waals surface area contributed by atoms with Crippen LogP contribution in [-0.4, -0.2) is 37.9 Å². The average Bonchev–Trinajstić information content (AvgIpc) is 2.48. The van der Waals surface area contributed by atoms with Gasteiger partial charge in [0.15, 0.2) is 6.61 Å². The molecule has 0 fully saturated rings. The molecule has 6 heteroatoms. The maximum Gasteiger partial charge on any atom is 0.408 e. The molecule has 0 aromatic heterocycles. The molecule has 0 spiro atoms. The van der Waals surface area contributed by atoms with Crippen LogP contribution in [0.3, 0.4) is 0 Å². The van der Waals surface area contributed by atoms with E-state index in [0.29, 0.717) is 5.75 Å². The summed E-state index contributed by atoms with van der Waals surface area (Å²) in [6.07, 6.45) is -0.502. The summed E-state index contributed by atoms with van der Waals surface area (Å²) >= 11 is 0. The Labute approximate surface area is 136 Å². The molecule has 0 saturated heterocycles.